The number of amides is 1. The van der Waals surface area contributed by atoms with Crippen LogP contribution in [0.15, 0.2) is 66.7 Å². The van der Waals surface area contributed by atoms with Gasteiger partial charge in [-0.25, -0.2) is 0 Å². The number of nitrogens with one attached hydrogen (secondary N) is 2. The topological polar surface area (TPSA) is 61.0 Å². The number of H-pyrrole nitrogens is 1. The Kier molecular flexibility index (Phi) is 3.95. The van der Waals surface area contributed by atoms with Crippen molar-refractivity contribution in [2.24, 2.45) is 0 Å². The molecule has 2 N–H and O–H groups in total. The van der Waals surface area contributed by atoms with Crippen LogP contribution < -0.4 is 10.2 Å². The van der Waals surface area contributed by atoms with E-state index in [1.165, 1.54) is 0 Å². The Labute approximate surface area is 168 Å². The summed E-state index contributed by atoms with van der Waals surface area (Å²) in [5, 5.41) is 11.6. The molecular formula is C24H20N4O. The molecule has 0 saturated carbocycles. The average molecular weight is 380 g/mol. The number of aromatic amines is 1. The molecule has 1 amide bonds. The van der Waals surface area contributed by atoms with Crippen molar-refractivity contribution in [3.05, 3.63) is 77.9 Å². The maximum Gasteiger partial charge on any atom is 0.256 e. The Balaban J connectivity index is 1.52. The molecule has 5 nitrogen and oxygen atoms in total. The second kappa shape index (κ2) is 6.63. The summed E-state index contributed by atoms with van der Waals surface area (Å²) in [6.07, 6.45) is 1.92. The summed E-state index contributed by atoms with van der Waals surface area (Å²) in [7, 11) is 4.05. The van der Waals surface area contributed by atoms with Gasteiger partial charge in [0.05, 0.1) is 11.2 Å². The van der Waals surface area contributed by atoms with E-state index in [1.807, 2.05) is 56.6 Å². The third kappa shape index (κ3) is 2.97. The summed E-state index contributed by atoms with van der Waals surface area (Å²) in [5.74, 6) is -0.0717. The van der Waals surface area contributed by atoms with Gasteiger partial charge in [0.1, 0.15) is 0 Å². The number of fused-ring (bicyclic) bond motifs is 2. The van der Waals surface area contributed by atoms with Gasteiger partial charge in [0.25, 0.3) is 5.91 Å². The molecule has 0 unspecified atom stereocenters. The highest BCUT2D eigenvalue weighted by Crippen LogP contribution is 2.34. The molecule has 5 heteroatoms. The van der Waals surface area contributed by atoms with Crippen molar-refractivity contribution >= 4 is 39.8 Å². The Morgan fingerprint density at radius 1 is 0.966 bits per heavy atom. The molecule has 0 saturated heterocycles. The number of hydrogen-bond acceptors (Lipinski definition) is 3. The number of carbonyl (C=O) groups is 1. The van der Waals surface area contributed by atoms with Crippen LogP contribution in [0.5, 0.6) is 0 Å². The molecule has 29 heavy (non-hydrogen) atoms. The maximum absolute atomic E-state index is 12.4. The van der Waals surface area contributed by atoms with E-state index in [4.69, 9.17) is 0 Å². The third-order valence-corrected chi connectivity index (χ3v) is 5.27. The summed E-state index contributed by atoms with van der Waals surface area (Å²) in [6, 6.07) is 22.2. The lowest BCUT2D eigenvalue weighted by molar-refractivity contribution is -0.110. The van der Waals surface area contributed by atoms with Crippen molar-refractivity contribution in [1.29, 1.82) is 0 Å². The Morgan fingerprint density at radius 3 is 2.55 bits per heavy atom. The fraction of sp³-hybridized carbons (Fsp3) is 0.0833. The first-order chi connectivity index (χ1) is 14.1. The highest BCUT2D eigenvalue weighted by atomic mass is 16.2. The van der Waals surface area contributed by atoms with Gasteiger partial charge in [-0.3, -0.25) is 9.89 Å². The normalized spacial score (nSPS) is 14.3. The van der Waals surface area contributed by atoms with Gasteiger partial charge < -0.3 is 10.2 Å². The fourth-order valence-electron chi connectivity index (χ4n) is 3.71. The van der Waals surface area contributed by atoms with Gasteiger partial charge >= 0.3 is 0 Å². The van der Waals surface area contributed by atoms with Crippen LogP contribution in [0.4, 0.5) is 11.4 Å². The monoisotopic (exact) mass is 380 g/mol. The number of nitrogens with zero attached hydrogens (tertiary/aromatic N) is 2. The summed E-state index contributed by atoms with van der Waals surface area (Å²) in [5.41, 5.74) is 7.51. The van der Waals surface area contributed by atoms with Gasteiger partial charge in [0, 0.05) is 47.6 Å². The van der Waals surface area contributed by atoms with Crippen molar-refractivity contribution in [3.8, 4) is 11.3 Å². The molecule has 5 rings (SSSR count). The second-order valence-electron chi connectivity index (χ2n) is 7.38. The Hall–Kier alpha value is -3.86. The number of rotatable bonds is 3. The summed E-state index contributed by atoms with van der Waals surface area (Å²) in [6.45, 7) is 0. The van der Waals surface area contributed by atoms with Crippen molar-refractivity contribution in [2.75, 3.05) is 24.3 Å². The zero-order valence-corrected chi connectivity index (χ0v) is 16.2. The molecule has 4 aromatic rings. The lowest BCUT2D eigenvalue weighted by Crippen LogP contribution is -2.07. The minimum atomic E-state index is -0.0717. The van der Waals surface area contributed by atoms with Crippen LogP contribution in [0.3, 0.4) is 0 Å². The number of aromatic nitrogens is 2. The molecule has 1 aliphatic rings. The molecule has 2 heterocycles. The zero-order chi connectivity index (χ0) is 20.0. The van der Waals surface area contributed by atoms with E-state index < -0.39 is 0 Å². The minimum Gasteiger partial charge on any atom is -0.378 e. The van der Waals surface area contributed by atoms with E-state index in [0.29, 0.717) is 5.57 Å². The molecule has 0 spiro atoms. The average Bonchev–Trinajstić information content (AvgIpc) is 3.29. The van der Waals surface area contributed by atoms with Crippen molar-refractivity contribution in [2.45, 2.75) is 0 Å². The van der Waals surface area contributed by atoms with Crippen molar-refractivity contribution in [1.82, 2.24) is 10.2 Å². The van der Waals surface area contributed by atoms with Gasteiger partial charge in [-0.2, -0.15) is 5.10 Å². The van der Waals surface area contributed by atoms with Crippen LogP contribution in [-0.4, -0.2) is 30.2 Å². The van der Waals surface area contributed by atoms with E-state index in [1.54, 1.807) is 0 Å². The summed E-state index contributed by atoms with van der Waals surface area (Å²) < 4.78 is 0. The minimum absolute atomic E-state index is 0.0717. The number of anilines is 2. The number of para-hydroxylation sites is 1. The van der Waals surface area contributed by atoms with E-state index in [2.05, 4.69) is 50.7 Å². The van der Waals surface area contributed by atoms with E-state index in [-0.39, 0.29) is 5.91 Å². The molecule has 0 atom stereocenters. The molecule has 142 valence electrons. The number of hydrogen-bond donors (Lipinski definition) is 2. The highest BCUT2D eigenvalue weighted by Gasteiger charge is 2.23. The molecular weight excluding hydrogens is 360 g/mol. The van der Waals surface area contributed by atoms with Crippen LogP contribution in [-0.2, 0) is 4.79 Å². The van der Waals surface area contributed by atoms with Gasteiger partial charge in [0.15, 0.2) is 0 Å². The summed E-state index contributed by atoms with van der Waals surface area (Å²) in [4.78, 5) is 14.4. The number of carbonyl (C=O) groups excluding carboxylic acids is 1. The van der Waals surface area contributed by atoms with Crippen molar-refractivity contribution in [3.63, 3.8) is 0 Å². The van der Waals surface area contributed by atoms with Gasteiger partial charge in [-0.15, -0.1) is 0 Å². The molecule has 0 aliphatic carbocycles. The van der Waals surface area contributed by atoms with Crippen LogP contribution in [0.25, 0.3) is 33.8 Å². The molecule has 0 radical (unpaired) electrons. The maximum atomic E-state index is 12.4. The van der Waals surface area contributed by atoms with E-state index in [0.717, 1.165) is 44.7 Å². The van der Waals surface area contributed by atoms with E-state index >= 15 is 0 Å². The van der Waals surface area contributed by atoms with Crippen LogP contribution in [0, 0.1) is 0 Å². The first kappa shape index (κ1) is 17.3. The van der Waals surface area contributed by atoms with Gasteiger partial charge in [0.2, 0.25) is 0 Å². The molecule has 0 bridgehead atoms. The zero-order valence-electron chi connectivity index (χ0n) is 16.2. The van der Waals surface area contributed by atoms with Crippen LogP contribution in [0.2, 0.25) is 0 Å². The second-order valence-corrected chi connectivity index (χ2v) is 7.38. The lowest BCUT2D eigenvalue weighted by Gasteiger charge is -2.12. The fourth-order valence-corrected chi connectivity index (χ4v) is 3.71. The smallest absolute Gasteiger partial charge is 0.256 e. The third-order valence-electron chi connectivity index (χ3n) is 5.27. The summed E-state index contributed by atoms with van der Waals surface area (Å²) >= 11 is 0. The predicted molar refractivity (Wildman–Crippen MR) is 119 cm³/mol. The first-order valence-corrected chi connectivity index (χ1v) is 9.48. The largest absolute Gasteiger partial charge is 0.378 e. The lowest BCUT2D eigenvalue weighted by atomic mass is 10.0. The van der Waals surface area contributed by atoms with Crippen molar-refractivity contribution < 1.29 is 4.79 Å². The van der Waals surface area contributed by atoms with Gasteiger partial charge in [-0.1, -0.05) is 36.4 Å². The SMILES string of the molecule is CN(C)c1ccc(-c2n[nH]c3cc(C=C4C(=O)Nc5ccccc54)ccc23)cc1. The van der Waals surface area contributed by atoms with Gasteiger partial charge in [-0.05, 0) is 42.0 Å². The van der Waals surface area contributed by atoms with Crippen LogP contribution in [0.1, 0.15) is 11.1 Å². The number of benzene rings is 3. The predicted octanol–water partition coefficient (Wildman–Crippen LogP) is 4.79. The molecule has 3 aromatic carbocycles. The standard InChI is InChI=1S/C24H20N4O/c1-28(2)17-10-8-16(9-11-17)23-19-12-7-15(14-22(19)26-27-23)13-20-18-5-3-4-6-21(18)25-24(20)29/h3-14H,1-2H3,(H,25,29)(H,26,27). The molecule has 1 aliphatic heterocycles. The quantitative estimate of drug-likeness (QED) is 0.503. The first-order valence-electron chi connectivity index (χ1n) is 9.48. The van der Waals surface area contributed by atoms with Crippen LogP contribution >= 0.6 is 0 Å². The Bertz CT molecular complexity index is 1270. The molecule has 0 fully saturated rings. The highest BCUT2D eigenvalue weighted by molar-refractivity contribution is 6.34. The Morgan fingerprint density at radius 2 is 1.76 bits per heavy atom. The van der Waals surface area contributed by atoms with E-state index in [9.17, 15) is 4.79 Å². The molecule has 1 aromatic heterocycles.